The lowest BCUT2D eigenvalue weighted by Gasteiger charge is -2.26. The fourth-order valence-electron chi connectivity index (χ4n) is 2.60. The van der Waals surface area contributed by atoms with E-state index in [4.69, 9.17) is 4.74 Å². The second kappa shape index (κ2) is 7.40. The van der Waals surface area contributed by atoms with Gasteiger partial charge in [0.25, 0.3) is 5.56 Å². The van der Waals surface area contributed by atoms with Crippen LogP contribution in [0, 0.1) is 0 Å². The van der Waals surface area contributed by atoms with Crippen LogP contribution in [0.25, 0.3) is 0 Å². The van der Waals surface area contributed by atoms with E-state index in [1.54, 1.807) is 13.2 Å². The Morgan fingerprint density at radius 3 is 3.20 bits per heavy atom. The van der Waals surface area contributed by atoms with Gasteiger partial charge in [-0.1, -0.05) is 6.92 Å². The average molecular weight is 280 g/mol. The van der Waals surface area contributed by atoms with Crippen LogP contribution in [0.3, 0.4) is 0 Å². The third-order valence-electron chi connectivity index (χ3n) is 3.65. The highest BCUT2D eigenvalue weighted by Crippen LogP contribution is 2.22. The van der Waals surface area contributed by atoms with E-state index in [0.29, 0.717) is 6.04 Å². The van der Waals surface area contributed by atoms with Crippen molar-refractivity contribution in [3.63, 3.8) is 0 Å². The molecule has 1 aliphatic heterocycles. The van der Waals surface area contributed by atoms with Gasteiger partial charge >= 0.3 is 0 Å². The van der Waals surface area contributed by atoms with Gasteiger partial charge in [0.05, 0.1) is 6.61 Å². The van der Waals surface area contributed by atoms with Crippen LogP contribution in [0.5, 0.6) is 0 Å². The standard InChI is InChI=1S/C14H24N4O2/c1-3-12-16-13(9-14(19)17-12)18-7-4-5-11(18)10-15-6-8-20-2/h9,11,15H,3-8,10H2,1-2H3,(H,16,17,19). The molecule has 2 N–H and O–H groups in total. The molecule has 20 heavy (non-hydrogen) atoms. The Kier molecular flexibility index (Phi) is 5.55. The molecule has 1 aromatic heterocycles. The van der Waals surface area contributed by atoms with Crippen LogP contribution >= 0.6 is 0 Å². The molecule has 1 aliphatic rings. The summed E-state index contributed by atoms with van der Waals surface area (Å²) in [4.78, 5) is 21.2. The molecule has 0 spiro atoms. The lowest BCUT2D eigenvalue weighted by molar-refractivity contribution is 0.199. The first-order chi connectivity index (χ1) is 9.74. The molecular formula is C14H24N4O2. The summed E-state index contributed by atoms with van der Waals surface area (Å²) < 4.78 is 5.03. The topological polar surface area (TPSA) is 70.2 Å². The van der Waals surface area contributed by atoms with Crippen molar-refractivity contribution in [1.29, 1.82) is 0 Å². The quantitative estimate of drug-likeness (QED) is 0.713. The van der Waals surface area contributed by atoms with Gasteiger partial charge in [-0.05, 0) is 12.8 Å². The van der Waals surface area contributed by atoms with Crippen molar-refractivity contribution < 1.29 is 4.74 Å². The maximum Gasteiger partial charge on any atom is 0.252 e. The smallest absolute Gasteiger partial charge is 0.252 e. The van der Waals surface area contributed by atoms with Crippen molar-refractivity contribution in [3.05, 3.63) is 22.2 Å². The van der Waals surface area contributed by atoms with E-state index in [1.807, 2.05) is 6.92 Å². The van der Waals surface area contributed by atoms with Crippen molar-refractivity contribution in [3.8, 4) is 0 Å². The van der Waals surface area contributed by atoms with Gasteiger partial charge in [-0.2, -0.15) is 0 Å². The monoisotopic (exact) mass is 280 g/mol. The number of anilines is 1. The van der Waals surface area contributed by atoms with Crippen molar-refractivity contribution in [2.24, 2.45) is 0 Å². The van der Waals surface area contributed by atoms with Gasteiger partial charge in [0.1, 0.15) is 11.6 Å². The summed E-state index contributed by atoms with van der Waals surface area (Å²) in [6.45, 7) is 5.44. The maximum atomic E-state index is 11.7. The number of hydrogen-bond acceptors (Lipinski definition) is 5. The second-order valence-corrected chi connectivity index (χ2v) is 5.09. The summed E-state index contributed by atoms with van der Waals surface area (Å²) in [7, 11) is 1.70. The first-order valence-corrected chi connectivity index (χ1v) is 7.31. The van der Waals surface area contributed by atoms with Gasteiger partial charge in [0.2, 0.25) is 0 Å². The van der Waals surface area contributed by atoms with E-state index in [9.17, 15) is 4.79 Å². The number of aromatic amines is 1. The molecule has 0 amide bonds. The van der Waals surface area contributed by atoms with Gasteiger partial charge in [-0.15, -0.1) is 0 Å². The molecule has 1 aromatic rings. The molecular weight excluding hydrogens is 256 g/mol. The van der Waals surface area contributed by atoms with Gasteiger partial charge in [0.15, 0.2) is 0 Å². The summed E-state index contributed by atoms with van der Waals surface area (Å²) in [5.41, 5.74) is -0.0650. The van der Waals surface area contributed by atoms with E-state index >= 15 is 0 Å². The molecule has 6 nitrogen and oxygen atoms in total. The number of aryl methyl sites for hydroxylation is 1. The molecule has 2 heterocycles. The van der Waals surface area contributed by atoms with Crippen LogP contribution in [-0.4, -0.2) is 49.4 Å². The summed E-state index contributed by atoms with van der Waals surface area (Å²) in [6.07, 6.45) is 3.02. The Bertz CT molecular complexity index is 474. The zero-order chi connectivity index (χ0) is 14.4. The van der Waals surface area contributed by atoms with Crippen LogP contribution in [-0.2, 0) is 11.2 Å². The number of rotatable bonds is 7. The van der Waals surface area contributed by atoms with Crippen molar-refractivity contribution in [1.82, 2.24) is 15.3 Å². The highest BCUT2D eigenvalue weighted by molar-refractivity contribution is 5.40. The van der Waals surface area contributed by atoms with Gasteiger partial charge in [-0.25, -0.2) is 4.98 Å². The number of H-pyrrole nitrogens is 1. The summed E-state index contributed by atoms with van der Waals surface area (Å²) >= 11 is 0. The van der Waals surface area contributed by atoms with Crippen LogP contribution in [0.2, 0.25) is 0 Å². The van der Waals surface area contributed by atoms with Gasteiger partial charge < -0.3 is 19.9 Å². The number of hydrogen-bond donors (Lipinski definition) is 2. The zero-order valence-corrected chi connectivity index (χ0v) is 12.3. The molecule has 0 aliphatic carbocycles. The van der Waals surface area contributed by atoms with E-state index in [1.165, 1.54) is 0 Å². The van der Waals surface area contributed by atoms with Crippen molar-refractivity contribution in [2.75, 3.05) is 38.3 Å². The first kappa shape index (κ1) is 15.0. The number of nitrogens with one attached hydrogen (secondary N) is 2. The van der Waals surface area contributed by atoms with Crippen LogP contribution in [0.15, 0.2) is 10.9 Å². The SMILES string of the molecule is CCc1nc(N2CCCC2CNCCOC)cc(=O)[nH]1. The fourth-order valence-corrected chi connectivity index (χ4v) is 2.60. The number of ether oxygens (including phenoxy) is 1. The Morgan fingerprint density at radius 1 is 1.60 bits per heavy atom. The van der Waals surface area contributed by atoms with Gasteiger partial charge in [-0.3, -0.25) is 4.79 Å². The molecule has 0 aromatic carbocycles. The Morgan fingerprint density at radius 2 is 2.45 bits per heavy atom. The lowest BCUT2D eigenvalue weighted by atomic mass is 10.2. The summed E-state index contributed by atoms with van der Waals surface area (Å²) in [5.74, 6) is 1.56. The number of aromatic nitrogens is 2. The molecule has 6 heteroatoms. The van der Waals surface area contributed by atoms with E-state index in [-0.39, 0.29) is 5.56 Å². The van der Waals surface area contributed by atoms with Gasteiger partial charge in [0, 0.05) is 45.3 Å². The third-order valence-corrected chi connectivity index (χ3v) is 3.65. The molecule has 0 bridgehead atoms. The molecule has 0 saturated carbocycles. The van der Waals surface area contributed by atoms with E-state index in [2.05, 4.69) is 20.2 Å². The fraction of sp³-hybridized carbons (Fsp3) is 0.714. The van der Waals surface area contributed by atoms with Crippen molar-refractivity contribution >= 4 is 5.82 Å². The maximum absolute atomic E-state index is 11.7. The van der Waals surface area contributed by atoms with E-state index < -0.39 is 0 Å². The number of methoxy groups -OCH3 is 1. The minimum absolute atomic E-state index is 0.0650. The molecule has 1 unspecified atom stereocenters. The first-order valence-electron chi connectivity index (χ1n) is 7.31. The molecule has 2 rings (SSSR count). The minimum atomic E-state index is -0.0650. The van der Waals surface area contributed by atoms with Crippen LogP contribution < -0.4 is 15.8 Å². The predicted molar refractivity (Wildman–Crippen MR) is 79.3 cm³/mol. The minimum Gasteiger partial charge on any atom is -0.383 e. The Labute approximate surface area is 119 Å². The van der Waals surface area contributed by atoms with Crippen molar-refractivity contribution in [2.45, 2.75) is 32.2 Å². The second-order valence-electron chi connectivity index (χ2n) is 5.09. The molecule has 0 radical (unpaired) electrons. The lowest BCUT2D eigenvalue weighted by Crippen LogP contribution is -2.40. The molecule has 112 valence electrons. The number of nitrogens with zero attached hydrogens (tertiary/aromatic N) is 2. The zero-order valence-electron chi connectivity index (χ0n) is 12.3. The Balaban J connectivity index is 2.02. The predicted octanol–water partition coefficient (Wildman–Crippen LogP) is 0.537. The summed E-state index contributed by atoms with van der Waals surface area (Å²) in [5, 5.41) is 3.39. The van der Waals surface area contributed by atoms with Crippen LogP contribution in [0.1, 0.15) is 25.6 Å². The molecule has 1 atom stereocenters. The highest BCUT2D eigenvalue weighted by Gasteiger charge is 2.25. The summed E-state index contributed by atoms with van der Waals surface area (Å²) in [6, 6.07) is 2.01. The molecule has 1 saturated heterocycles. The van der Waals surface area contributed by atoms with Crippen LogP contribution in [0.4, 0.5) is 5.82 Å². The normalized spacial score (nSPS) is 18.7. The third kappa shape index (κ3) is 3.80. The Hall–Kier alpha value is -1.40. The highest BCUT2D eigenvalue weighted by atomic mass is 16.5. The largest absolute Gasteiger partial charge is 0.383 e. The van der Waals surface area contributed by atoms with E-state index in [0.717, 1.165) is 57.1 Å². The molecule has 1 fully saturated rings. The average Bonchev–Trinajstić information content (AvgIpc) is 2.91.